The molecule has 1 N–H and O–H groups in total. The van der Waals surface area contributed by atoms with Crippen LogP contribution in [0.3, 0.4) is 0 Å². The van der Waals surface area contributed by atoms with Crippen molar-refractivity contribution in [2.24, 2.45) is 4.99 Å². The van der Waals surface area contributed by atoms with E-state index in [1.165, 1.54) is 0 Å². The summed E-state index contributed by atoms with van der Waals surface area (Å²) in [5.41, 5.74) is 1.06. The van der Waals surface area contributed by atoms with Crippen molar-refractivity contribution < 1.29 is 0 Å². The highest BCUT2D eigenvalue weighted by atomic mass is 15.0. The van der Waals surface area contributed by atoms with E-state index in [1.807, 2.05) is 18.2 Å². The van der Waals surface area contributed by atoms with Gasteiger partial charge in [-0.3, -0.25) is 4.98 Å². The smallest absolute Gasteiger partial charge is 0.125 e. The molecule has 1 aromatic rings. The first kappa shape index (κ1) is 11.2. The summed E-state index contributed by atoms with van der Waals surface area (Å²) in [6.07, 6.45) is 6.12. The molecular weight excluding hydrogens is 186 g/mol. The number of allylic oxidation sites excluding steroid dienone is 2. The Morgan fingerprint density at radius 1 is 1.53 bits per heavy atom. The molecule has 1 heterocycles. The highest BCUT2D eigenvalue weighted by molar-refractivity contribution is 5.29. The van der Waals surface area contributed by atoms with Crippen LogP contribution in [0, 0.1) is 0 Å². The number of nitrogens with zero attached hydrogens (tertiary/aromatic N) is 2. The van der Waals surface area contributed by atoms with Crippen molar-refractivity contribution in [2.75, 3.05) is 6.54 Å². The van der Waals surface area contributed by atoms with E-state index in [2.05, 4.69) is 28.6 Å². The fourth-order valence-electron chi connectivity index (χ4n) is 1.14. The molecule has 0 spiro atoms. The summed E-state index contributed by atoms with van der Waals surface area (Å²) in [4.78, 5) is 8.04. The van der Waals surface area contributed by atoms with Crippen LogP contribution in [0.5, 0.6) is 0 Å². The number of hydrogen-bond donors (Lipinski definition) is 1. The van der Waals surface area contributed by atoms with E-state index in [-0.39, 0.29) is 0 Å². The van der Waals surface area contributed by atoms with Crippen molar-refractivity contribution in [2.45, 2.75) is 6.42 Å². The minimum atomic E-state index is 0.737. The molecule has 0 aliphatic heterocycles. The van der Waals surface area contributed by atoms with E-state index in [0.29, 0.717) is 0 Å². The van der Waals surface area contributed by atoms with Crippen molar-refractivity contribution in [1.29, 1.82) is 0 Å². The molecule has 0 amide bonds. The Bertz CT molecular complexity index is 341. The lowest BCUT2D eigenvalue weighted by Crippen LogP contribution is -2.15. The molecule has 15 heavy (non-hydrogen) atoms. The zero-order chi connectivity index (χ0) is 10.9. The van der Waals surface area contributed by atoms with E-state index < -0.39 is 0 Å². The van der Waals surface area contributed by atoms with Crippen molar-refractivity contribution in [3.8, 4) is 0 Å². The van der Waals surface area contributed by atoms with E-state index in [1.54, 1.807) is 18.3 Å². The predicted molar refractivity (Wildman–Crippen MR) is 63.8 cm³/mol. The van der Waals surface area contributed by atoms with Gasteiger partial charge in [-0.2, -0.15) is 0 Å². The molecule has 1 aromatic heterocycles. The van der Waals surface area contributed by atoms with Crippen LogP contribution in [0.15, 0.2) is 53.9 Å². The monoisotopic (exact) mass is 201 g/mol. The van der Waals surface area contributed by atoms with Crippen LogP contribution >= 0.6 is 0 Å². The van der Waals surface area contributed by atoms with Crippen LogP contribution in [0.1, 0.15) is 5.69 Å². The predicted octanol–water partition coefficient (Wildman–Crippen LogP) is 1.94. The topological polar surface area (TPSA) is 37.3 Å². The molecule has 78 valence electrons. The first-order valence-corrected chi connectivity index (χ1v) is 4.80. The van der Waals surface area contributed by atoms with Crippen LogP contribution in [-0.2, 0) is 6.42 Å². The second kappa shape index (κ2) is 6.54. The molecule has 0 unspecified atom stereocenters. The lowest BCUT2D eigenvalue weighted by molar-refractivity contribution is 0.767. The van der Waals surface area contributed by atoms with Gasteiger partial charge in [0.25, 0.3) is 0 Å². The highest BCUT2D eigenvalue weighted by Gasteiger charge is 1.93. The third-order valence-corrected chi connectivity index (χ3v) is 1.86. The number of rotatable bonds is 6. The Morgan fingerprint density at radius 2 is 2.40 bits per heavy atom. The minimum absolute atomic E-state index is 0.737. The Labute approximate surface area is 90.3 Å². The van der Waals surface area contributed by atoms with Gasteiger partial charge in [0, 0.05) is 24.9 Å². The van der Waals surface area contributed by atoms with Crippen molar-refractivity contribution in [1.82, 2.24) is 10.3 Å². The summed E-state index contributed by atoms with van der Waals surface area (Å²) in [6, 6.07) is 5.89. The molecule has 0 fully saturated rings. The molecule has 0 bridgehead atoms. The number of nitrogens with one attached hydrogen (secondary N) is 1. The standard InChI is InChI=1S/C12H15N3/c1-3-6-12(13-2)15-10-8-11-7-4-5-9-14-11/h3-7,9,15H,1-2,8,10H2/b12-6+. The fraction of sp³-hybridized carbons (Fsp3) is 0.167. The molecule has 0 aliphatic carbocycles. The first-order valence-electron chi connectivity index (χ1n) is 4.80. The van der Waals surface area contributed by atoms with Crippen LogP contribution in [0.2, 0.25) is 0 Å². The van der Waals surface area contributed by atoms with Gasteiger partial charge in [-0.05, 0) is 24.9 Å². The minimum Gasteiger partial charge on any atom is -0.370 e. The van der Waals surface area contributed by atoms with E-state index >= 15 is 0 Å². The Balaban J connectivity index is 2.36. The normalized spacial score (nSPS) is 10.8. The second-order valence-corrected chi connectivity index (χ2v) is 2.94. The number of aromatic nitrogens is 1. The summed E-state index contributed by atoms with van der Waals surface area (Å²) in [5, 5.41) is 3.14. The average Bonchev–Trinajstić information content (AvgIpc) is 2.29. The zero-order valence-corrected chi connectivity index (χ0v) is 8.69. The van der Waals surface area contributed by atoms with Gasteiger partial charge < -0.3 is 5.32 Å². The van der Waals surface area contributed by atoms with Gasteiger partial charge in [0.15, 0.2) is 0 Å². The van der Waals surface area contributed by atoms with Gasteiger partial charge in [-0.1, -0.05) is 18.7 Å². The summed E-state index contributed by atoms with van der Waals surface area (Å²) in [6.45, 7) is 7.85. The SMILES string of the molecule is C=C/C=C(\N=C)NCCc1ccccn1. The number of hydrogen-bond acceptors (Lipinski definition) is 3. The Kier molecular flexibility index (Phi) is 4.87. The molecule has 0 saturated carbocycles. The Morgan fingerprint density at radius 3 is 3.00 bits per heavy atom. The van der Waals surface area contributed by atoms with Crippen LogP contribution < -0.4 is 5.32 Å². The van der Waals surface area contributed by atoms with Crippen molar-refractivity contribution in [3.63, 3.8) is 0 Å². The van der Waals surface area contributed by atoms with E-state index in [0.717, 1.165) is 24.5 Å². The largest absolute Gasteiger partial charge is 0.370 e. The van der Waals surface area contributed by atoms with Crippen molar-refractivity contribution in [3.05, 3.63) is 54.6 Å². The molecule has 0 saturated heterocycles. The van der Waals surface area contributed by atoms with E-state index in [9.17, 15) is 0 Å². The lowest BCUT2D eigenvalue weighted by atomic mass is 10.3. The number of aliphatic imine (C=N–C) groups is 1. The Hall–Kier alpha value is -1.90. The molecule has 1 rings (SSSR count). The summed E-state index contributed by atoms with van der Waals surface area (Å²) < 4.78 is 0. The van der Waals surface area contributed by atoms with Gasteiger partial charge >= 0.3 is 0 Å². The third kappa shape index (κ3) is 4.22. The maximum atomic E-state index is 4.22. The third-order valence-electron chi connectivity index (χ3n) is 1.86. The summed E-state index contributed by atoms with van der Waals surface area (Å²) >= 11 is 0. The van der Waals surface area contributed by atoms with Crippen LogP contribution in [0.4, 0.5) is 0 Å². The quantitative estimate of drug-likeness (QED) is 0.564. The highest BCUT2D eigenvalue weighted by Crippen LogP contribution is 1.95. The van der Waals surface area contributed by atoms with Gasteiger partial charge in [0.1, 0.15) is 5.82 Å². The van der Waals surface area contributed by atoms with Gasteiger partial charge in [-0.25, -0.2) is 4.99 Å². The number of pyridine rings is 1. The molecule has 0 aliphatic rings. The van der Waals surface area contributed by atoms with Gasteiger partial charge in [-0.15, -0.1) is 0 Å². The van der Waals surface area contributed by atoms with Gasteiger partial charge in [0.2, 0.25) is 0 Å². The summed E-state index contributed by atoms with van der Waals surface area (Å²) in [5.74, 6) is 0.737. The fourth-order valence-corrected chi connectivity index (χ4v) is 1.14. The van der Waals surface area contributed by atoms with E-state index in [4.69, 9.17) is 0 Å². The second-order valence-electron chi connectivity index (χ2n) is 2.94. The first-order chi connectivity index (χ1) is 7.36. The zero-order valence-electron chi connectivity index (χ0n) is 8.69. The molecule has 3 heteroatoms. The van der Waals surface area contributed by atoms with Crippen LogP contribution in [0.25, 0.3) is 0 Å². The molecule has 3 nitrogen and oxygen atoms in total. The molecule has 0 atom stereocenters. The van der Waals surface area contributed by atoms with Crippen molar-refractivity contribution >= 4 is 6.72 Å². The van der Waals surface area contributed by atoms with Crippen LogP contribution in [-0.4, -0.2) is 18.2 Å². The molecule has 0 radical (unpaired) electrons. The maximum absolute atomic E-state index is 4.22. The molecule has 0 aromatic carbocycles. The lowest BCUT2D eigenvalue weighted by Gasteiger charge is -2.04. The molecular formula is C12H15N3. The average molecular weight is 201 g/mol. The maximum Gasteiger partial charge on any atom is 0.125 e. The van der Waals surface area contributed by atoms with Gasteiger partial charge in [0.05, 0.1) is 0 Å². The summed E-state index contributed by atoms with van der Waals surface area (Å²) in [7, 11) is 0.